The van der Waals surface area contributed by atoms with Gasteiger partial charge in [-0.05, 0) is 26.2 Å². The smallest absolute Gasteiger partial charge is 0.142 e. The number of ether oxygens (including phenoxy) is 2. The Morgan fingerprint density at radius 2 is 2.25 bits per heavy atom. The van der Waals surface area contributed by atoms with Gasteiger partial charge in [-0.1, -0.05) is 23.2 Å². The maximum absolute atomic E-state index is 6.23. The molecule has 0 radical (unpaired) electrons. The summed E-state index contributed by atoms with van der Waals surface area (Å²) in [5, 5.41) is 4.23. The van der Waals surface area contributed by atoms with Gasteiger partial charge in [0.15, 0.2) is 0 Å². The van der Waals surface area contributed by atoms with Crippen LogP contribution in [0.5, 0.6) is 5.75 Å². The molecule has 2 rings (SSSR count). The first kappa shape index (κ1) is 15.9. The normalized spacial score (nSPS) is 20.1. The molecule has 6 heteroatoms. The molecule has 0 bridgehead atoms. The Kier molecular flexibility index (Phi) is 5.93. The van der Waals surface area contributed by atoms with Crippen molar-refractivity contribution in [1.82, 2.24) is 10.2 Å². The molecule has 4 nitrogen and oxygen atoms in total. The second kappa shape index (κ2) is 7.48. The lowest BCUT2D eigenvalue weighted by molar-refractivity contribution is -0.0404. The fraction of sp³-hybridized carbons (Fsp3) is 0.571. The third-order valence-corrected chi connectivity index (χ3v) is 3.71. The highest BCUT2D eigenvalue weighted by Gasteiger charge is 2.19. The van der Waals surface area contributed by atoms with E-state index in [0.717, 1.165) is 25.3 Å². The van der Waals surface area contributed by atoms with E-state index in [9.17, 15) is 0 Å². The zero-order valence-corrected chi connectivity index (χ0v) is 13.3. The topological polar surface area (TPSA) is 33.7 Å². The third-order valence-electron chi connectivity index (χ3n) is 3.21. The summed E-state index contributed by atoms with van der Waals surface area (Å²) in [6.07, 6.45) is 0.0722. The van der Waals surface area contributed by atoms with E-state index in [-0.39, 0.29) is 6.10 Å². The molecule has 0 amide bonds. The SMILES string of the molecule is CNCc1cc(Cl)cc(Cl)c1OCC1CN(C)CCO1. The maximum atomic E-state index is 6.23. The van der Waals surface area contributed by atoms with Crippen LogP contribution in [0.2, 0.25) is 10.0 Å². The quantitative estimate of drug-likeness (QED) is 0.904. The zero-order chi connectivity index (χ0) is 14.5. The molecule has 1 atom stereocenters. The van der Waals surface area contributed by atoms with Crippen molar-refractivity contribution in [3.63, 3.8) is 0 Å². The molecule has 112 valence electrons. The number of morpholine rings is 1. The van der Waals surface area contributed by atoms with Crippen molar-refractivity contribution in [3.8, 4) is 5.75 Å². The van der Waals surface area contributed by atoms with Gasteiger partial charge in [-0.3, -0.25) is 0 Å². The van der Waals surface area contributed by atoms with Crippen molar-refractivity contribution >= 4 is 23.2 Å². The lowest BCUT2D eigenvalue weighted by atomic mass is 10.2. The van der Waals surface area contributed by atoms with E-state index >= 15 is 0 Å². The molecule has 20 heavy (non-hydrogen) atoms. The van der Waals surface area contributed by atoms with Crippen molar-refractivity contribution < 1.29 is 9.47 Å². The number of rotatable bonds is 5. The van der Waals surface area contributed by atoms with Gasteiger partial charge in [0, 0.05) is 30.2 Å². The molecule has 0 aliphatic carbocycles. The predicted molar refractivity (Wildman–Crippen MR) is 82.0 cm³/mol. The number of nitrogens with one attached hydrogen (secondary N) is 1. The minimum Gasteiger partial charge on any atom is -0.489 e. The molecule has 1 aliphatic heterocycles. The second-order valence-corrected chi connectivity index (χ2v) is 5.82. The Hall–Kier alpha value is -0.520. The van der Waals surface area contributed by atoms with E-state index in [4.69, 9.17) is 32.7 Å². The number of nitrogens with zero attached hydrogens (tertiary/aromatic N) is 1. The fourth-order valence-corrected chi connectivity index (χ4v) is 2.83. The number of halogens is 2. The second-order valence-electron chi connectivity index (χ2n) is 4.97. The van der Waals surface area contributed by atoms with Gasteiger partial charge >= 0.3 is 0 Å². The largest absolute Gasteiger partial charge is 0.489 e. The molecule has 0 saturated carbocycles. The lowest BCUT2D eigenvalue weighted by Crippen LogP contribution is -2.42. The van der Waals surface area contributed by atoms with E-state index in [1.54, 1.807) is 6.07 Å². The Morgan fingerprint density at radius 3 is 2.95 bits per heavy atom. The molecule has 1 aromatic rings. The van der Waals surface area contributed by atoms with E-state index < -0.39 is 0 Å². The summed E-state index contributed by atoms with van der Waals surface area (Å²) in [6.45, 7) is 3.71. The van der Waals surface area contributed by atoms with Crippen LogP contribution in [-0.4, -0.2) is 51.4 Å². The standard InChI is InChI=1S/C14H20Cl2N2O2/c1-17-7-10-5-11(15)6-13(16)14(10)20-9-12-8-18(2)3-4-19-12/h5-6,12,17H,3-4,7-9H2,1-2H3. The van der Waals surface area contributed by atoms with Crippen molar-refractivity contribution in [3.05, 3.63) is 27.7 Å². The Balaban J connectivity index is 2.04. The first-order chi connectivity index (χ1) is 9.60. The molecule has 0 aromatic heterocycles. The van der Waals surface area contributed by atoms with E-state index in [1.165, 1.54) is 0 Å². The van der Waals surface area contributed by atoms with Gasteiger partial charge in [0.05, 0.1) is 11.6 Å². The van der Waals surface area contributed by atoms with Crippen molar-refractivity contribution in [1.29, 1.82) is 0 Å². The molecule has 1 aromatic carbocycles. The number of likely N-dealkylation sites (N-methyl/N-ethyl adjacent to an activating group) is 1. The molecule has 1 aliphatic rings. The summed E-state index contributed by atoms with van der Waals surface area (Å²) in [5.74, 6) is 0.683. The molecular weight excluding hydrogens is 299 g/mol. The molecule has 1 heterocycles. The van der Waals surface area contributed by atoms with Gasteiger partial charge < -0.3 is 19.7 Å². The summed E-state index contributed by atoms with van der Waals surface area (Å²) in [6, 6.07) is 3.57. The number of hydrogen-bond donors (Lipinski definition) is 1. The summed E-state index contributed by atoms with van der Waals surface area (Å²) >= 11 is 12.3. The van der Waals surface area contributed by atoms with Gasteiger partial charge in [-0.15, -0.1) is 0 Å². The summed E-state index contributed by atoms with van der Waals surface area (Å²) in [7, 11) is 3.95. The zero-order valence-electron chi connectivity index (χ0n) is 11.8. The van der Waals surface area contributed by atoms with E-state index in [1.807, 2.05) is 13.1 Å². The van der Waals surface area contributed by atoms with Crippen LogP contribution < -0.4 is 10.1 Å². The highest BCUT2D eigenvalue weighted by atomic mass is 35.5. The first-order valence-corrected chi connectivity index (χ1v) is 7.41. The van der Waals surface area contributed by atoms with Crippen LogP contribution in [0.3, 0.4) is 0 Å². The summed E-state index contributed by atoms with van der Waals surface area (Å²) in [4.78, 5) is 2.23. The third kappa shape index (κ3) is 4.24. The van der Waals surface area contributed by atoms with Crippen molar-refractivity contribution in [2.45, 2.75) is 12.6 Å². The fourth-order valence-electron chi connectivity index (χ4n) is 2.24. The molecular formula is C14H20Cl2N2O2. The van der Waals surface area contributed by atoms with Crippen LogP contribution in [-0.2, 0) is 11.3 Å². The van der Waals surface area contributed by atoms with Gasteiger partial charge in [0.2, 0.25) is 0 Å². The molecule has 1 saturated heterocycles. The maximum Gasteiger partial charge on any atom is 0.142 e. The van der Waals surface area contributed by atoms with Crippen LogP contribution >= 0.6 is 23.2 Å². The van der Waals surface area contributed by atoms with Gasteiger partial charge in [-0.2, -0.15) is 0 Å². The summed E-state index contributed by atoms with van der Waals surface area (Å²) in [5.41, 5.74) is 0.953. The Bertz CT molecular complexity index is 457. The number of benzene rings is 1. The molecule has 1 unspecified atom stereocenters. The van der Waals surface area contributed by atoms with Crippen LogP contribution in [0.1, 0.15) is 5.56 Å². The highest BCUT2D eigenvalue weighted by molar-refractivity contribution is 6.35. The molecule has 0 spiro atoms. The van der Waals surface area contributed by atoms with Crippen LogP contribution in [0.4, 0.5) is 0 Å². The van der Waals surface area contributed by atoms with Crippen LogP contribution in [0, 0.1) is 0 Å². The minimum atomic E-state index is 0.0722. The predicted octanol–water partition coefficient (Wildman–Crippen LogP) is 2.42. The monoisotopic (exact) mass is 318 g/mol. The minimum absolute atomic E-state index is 0.0722. The Morgan fingerprint density at radius 1 is 1.45 bits per heavy atom. The van der Waals surface area contributed by atoms with Crippen molar-refractivity contribution in [2.75, 3.05) is 40.4 Å². The van der Waals surface area contributed by atoms with Gasteiger partial charge in [-0.25, -0.2) is 0 Å². The highest BCUT2D eigenvalue weighted by Crippen LogP contribution is 2.32. The average Bonchev–Trinajstić information content (AvgIpc) is 2.38. The van der Waals surface area contributed by atoms with E-state index in [0.29, 0.717) is 28.9 Å². The average molecular weight is 319 g/mol. The summed E-state index contributed by atoms with van der Waals surface area (Å²) < 4.78 is 11.6. The van der Waals surface area contributed by atoms with Gasteiger partial charge in [0.1, 0.15) is 18.5 Å². The lowest BCUT2D eigenvalue weighted by Gasteiger charge is -2.30. The first-order valence-electron chi connectivity index (χ1n) is 6.65. The number of hydrogen-bond acceptors (Lipinski definition) is 4. The van der Waals surface area contributed by atoms with E-state index in [2.05, 4.69) is 17.3 Å². The Labute approximate surface area is 129 Å². The van der Waals surface area contributed by atoms with Crippen molar-refractivity contribution in [2.24, 2.45) is 0 Å². The van der Waals surface area contributed by atoms with Crippen LogP contribution in [0.15, 0.2) is 12.1 Å². The molecule has 1 N–H and O–H groups in total. The molecule has 1 fully saturated rings. The van der Waals surface area contributed by atoms with Gasteiger partial charge in [0.25, 0.3) is 0 Å². The van der Waals surface area contributed by atoms with Crippen LogP contribution in [0.25, 0.3) is 0 Å².